The van der Waals surface area contributed by atoms with Crippen LogP contribution in [0.25, 0.3) is 0 Å². The first-order chi connectivity index (χ1) is 9.15. The highest BCUT2D eigenvalue weighted by Gasteiger charge is 2.25. The Labute approximate surface area is 116 Å². The highest BCUT2D eigenvalue weighted by Crippen LogP contribution is 2.33. The van der Waals surface area contributed by atoms with Gasteiger partial charge in [0.1, 0.15) is 0 Å². The Kier molecular flexibility index (Phi) is 4.51. The van der Waals surface area contributed by atoms with Crippen LogP contribution in [0, 0.1) is 5.92 Å². The molecule has 1 aromatic heterocycles. The summed E-state index contributed by atoms with van der Waals surface area (Å²) in [5.74, 6) is 2.37. The smallest absolute Gasteiger partial charge is 0.215 e. The van der Waals surface area contributed by atoms with Crippen LogP contribution in [0.15, 0.2) is 12.1 Å². The van der Waals surface area contributed by atoms with Gasteiger partial charge in [0.25, 0.3) is 0 Å². The summed E-state index contributed by atoms with van der Waals surface area (Å²) in [5, 5.41) is 0. The van der Waals surface area contributed by atoms with Gasteiger partial charge in [0.2, 0.25) is 5.88 Å². The Hall–Kier alpha value is -1.45. The van der Waals surface area contributed by atoms with E-state index in [2.05, 4.69) is 23.9 Å². The zero-order chi connectivity index (χ0) is 13.8. The van der Waals surface area contributed by atoms with Crippen LogP contribution < -0.4 is 15.4 Å². The van der Waals surface area contributed by atoms with Gasteiger partial charge in [-0.05, 0) is 37.7 Å². The van der Waals surface area contributed by atoms with Crippen molar-refractivity contribution in [3.63, 3.8) is 0 Å². The van der Waals surface area contributed by atoms with Gasteiger partial charge < -0.3 is 15.4 Å². The molecular weight excluding hydrogens is 238 g/mol. The molecule has 0 aliphatic heterocycles. The van der Waals surface area contributed by atoms with Crippen molar-refractivity contribution in [1.29, 1.82) is 0 Å². The predicted molar refractivity (Wildman–Crippen MR) is 79.6 cm³/mol. The molecule has 0 saturated heterocycles. The van der Waals surface area contributed by atoms with Crippen LogP contribution in [-0.2, 0) is 0 Å². The third-order valence-corrected chi connectivity index (χ3v) is 4.36. The number of ether oxygens (including phenoxy) is 1. The summed E-state index contributed by atoms with van der Waals surface area (Å²) < 4.78 is 5.19. The van der Waals surface area contributed by atoms with Crippen molar-refractivity contribution in [2.45, 2.75) is 45.1 Å². The van der Waals surface area contributed by atoms with Gasteiger partial charge in [-0.15, -0.1) is 0 Å². The number of hydrogen-bond acceptors (Lipinski definition) is 4. The molecule has 0 radical (unpaired) electrons. The molecule has 4 heteroatoms. The van der Waals surface area contributed by atoms with E-state index in [0.29, 0.717) is 11.9 Å². The lowest BCUT2D eigenvalue weighted by Crippen LogP contribution is -2.36. The largest absolute Gasteiger partial charge is 0.481 e. The highest BCUT2D eigenvalue weighted by atomic mass is 16.5. The van der Waals surface area contributed by atoms with E-state index in [1.165, 1.54) is 32.1 Å². The number of anilines is 2. The first-order valence-corrected chi connectivity index (χ1v) is 7.19. The minimum atomic E-state index is 0.546. The number of nitrogen functional groups attached to an aromatic ring is 1. The number of nitrogens with two attached hydrogens (primary N) is 1. The molecule has 1 aromatic rings. The topological polar surface area (TPSA) is 51.4 Å². The third kappa shape index (κ3) is 3.11. The van der Waals surface area contributed by atoms with Crippen LogP contribution in [0.2, 0.25) is 0 Å². The van der Waals surface area contributed by atoms with Crippen LogP contribution in [-0.4, -0.2) is 25.2 Å². The van der Waals surface area contributed by atoms with Crippen molar-refractivity contribution in [1.82, 2.24) is 4.98 Å². The Bertz CT molecular complexity index is 414. The normalized spacial score (nSPS) is 23.1. The monoisotopic (exact) mass is 263 g/mol. The SMILES string of the molecule is CCC1CCC(N(C)c2nc(OC)ccc2N)CC1. The number of nitrogens with zero attached hydrogens (tertiary/aromatic N) is 2. The minimum absolute atomic E-state index is 0.546. The second-order valence-electron chi connectivity index (χ2n) is 5.46. The predicted octanol–water partition coefficient (Wildman–Crippen LogP) is 3.08. The molecule has 1 aliphatic rings. The van der Waals surface area contributed by atoms with Gasteiger partial charge in [0.05, 0.1) is 12.8 Å². The maximum Gasteiger partial charge on any atom is 0.215 e. The van der Waals surface area contributed by atoms with Crippen LogP contribution in [0.1, 0.15) is 39.0 Å². The van der Waals surface area contributed by atoms with Gasteiger partial charge in [-0.2, -0.15) is 4.98 Å². The first kappa shape index (κ1) is 14.0. The fraction of sp³-hybridized carbons (Fsp3) is 0.667. The van der Waals surface area contributed by atoms with Gasteiger partial charge in [-0.25, -0.2) is 0 Å². The molecule has 1 aliphatic carbocycles. The average molecular weight is 263 g/mol. The Morgan fingerprint density at radius 1 is 1.32 bits per heavy atom. The zero-order valence-corrected chi connectivity index (χ0v) is 12.2. The molecule has 0 unspecified atom stereocenters. The Morgan fingerprint density at radius 2 is 2.00 bits per heavy atom. The maximum atomic E-state index is 6.05. The fourth-order valence-corrected chi connectivity index (χ4v) is 2.95. The Morgan fingerprint density at radius 3 is 2.58 bits per heavy atom. The van der Waals surface area contributed by atoms with Crippen LogP contribution in [0.3, 0.4) is 0 Å². The number of methoxy groups -OCH3 is 1. The zero-order valence-electron chi connectivity index (χ0n) is 12.2. The lowest BCUT2D eigenvalue weighted by molar-refractivity contribution is 0.312. The van der Waals surface area contributed by atoms with Crippen LogP contribution >= 0.6 is 0 Å². The molecule has 0 aromatic carbocycles. The van der Waals surface area contributed by atoms with Crippen molar-refractivity contribution in [3.8, 4) is 5.88 Å². The molecule has 1 fully saturated rings. The summed E-state index contributed by atoms with van der Waals surface area (Å²) in [5.41, 5.74) is 6.77. The molecule has 4 nitrogen and oxygen atoms in total. The number of pyridine rings is 1. The number of hydrogen-bond donors (Lipinski definition) is 1. The fourth-order valence-electron chi connectivity index (χ4n) is 2.95. The molecule has 0 atom stereocenters. The van der Waals surface area contributed by atoms with Crippen molar-refractivity contribution in [2.24, 2.45) is 5.92 Å². The molecule has 1 heterocycles. The molecule has 2 rings (SSSR count). The molecule has 106 valence electrons. The molecule has 1 saturated carbocycles. The lowest BCUT2D eigenvalue weighted by Gasteiger charge is -2.35. The second kappa shape index (κ2) is 6.13. The summed E-state index contributed by atoms with van der Waals surface area (Å²) in [6, 6.07) is 4.22. The van der Waals surface area contributed by atoms with E-state index in [-0.39, 0.29) is 0 Å². The minimum Gasteiger partial charge on any atom is -0.481 e. The Balaban J connectivity index is 2.09. The van der Waals surface area contributed by atoms with E-state index < -0.39 is 0 Å². The van der Waals surface area contributed by atoms with E-state index in [4.69, 9.17) is 10.5 Å². The van der Waals surface area contributed by atoms with E-state index >= 15 is 0 Å². The van der Waals surface area contributed by atoms with Gasteiger partial charge in [0, 0.05) is 19.2 Å². The van der Waals surface area contributed by atoms with Gasteiger partial charge >= 0.3 is 0 Å². The first-order valence-electron chi connectivity index (χ1n) is 7.19. The van der Waals surface area contributed by atoms with E-state index in [1.807, 2.05) is 6.07 Å². The van der Waals surface area contributed by atoms with Crippen LogP contribution in [0.4, 0.5) is 11.5 Å². The molecule has 19 heavy (non-hydrogen) atoms. The number of rotatable bonds is 4. The molecule has 0 spiro atoms. The molecule has 2 N–H and O–H groups in total. The highest BCUT2D eigenvalue weighted by molar-refractivity contribution is 5.63. The van der Waals surface area contributed by atoms with Gasteiger partial charge in [0.15, 0.2) is 5.82 Å². The van der Waals surface area contributed by atoms with E-state index in [9.17, 15) is 0 Å². The van der Waals surface area contributed by atoms with Crippen molar-refractivity contribution < 1.29 is 4.74 Å². The molecular formula is C15H25N3O. The summed E-state index contributed by atoms with van der Waals surface area (Å²) in [6.07, 6.45) is 6.39. The summed E-state index contributed by atoms with van der Waals surface area (Å²) >= 11 is 0. The summed E-state index contributed by atoms with van der Waals surface area (Å²) in [6.45, 7) is 2.29. The second-order valence-corrected chi connectivity index (χ2v) is 5.46. The lowest BCUT2D eigenvalue weighted by atomic mass is 9.84. The van der Waals surface area contributed by atoms with Gasteiger partial charge in [-0.1, -0.05) is 13.3 Å². The van der Waals surface area contributed by atoms with E-state index in [1.54, 1.807) is 13.2 Å². The quantitative estimate of drug-likeness (QED) is 0.907. The summed E-state index contributed by atoms with van der Waals surface area (Å²) in [4.78, 5) is 6.71. The standard InChI is InChI=1S/C15H25N3O/c1-4-11-5-7-12(8-6-11)18(2)15-13(16)9-10-14(17-15)19-3/h9-12H,4-8,16H2,1-3H3. The molecule has 0 bridgehead atoms. The molecule has 0 amide bonds. The van der Waals surface area contributed by atoms with Crippen molar-refractivity contribution in [2.75, 3.05) is 24.8 Å². The summed E-state index contributed by atoms with van der Waals surface area (Å²) in [7, 11) is 3.73. The van der Waals surface area contributed by atoms with E-state index in [0.717, 1.165) is 17.4 Å². The van der Waals surface area contributed by atoms with Gasteiger partial charge in [-0.3, -0.25) is 0 Å². The third-order valence-electron chi connectivity index (χ3n) is 4.36. The van der Waals surface area contributed by atoms with Crippen molar-refractivity contribution in [3.05, 3.63) is 12.1 Å². The van der Waals surface area contributed by atoms with Crippen molar-refractivity contribution >= 4 is 11.5 Å². The maximum absolute atomic E-state index is 6.05. The van der Waals surface area contributed by atoms with Crippen LogP contribution in [0.5, 0.6) is 5.88 Å². The number of aromatic nitrogens is 1. The average Bonchev–Trinajstić information content (AvgIpc) is 2.47.